The Bertz CT molecular complexity index is 2170. The standard InChI is InChI=1S/C36H22N4O2S3/c37-22-25(36(41)42)21-24-13-16-29(35-34(24)38-45-39-35)31-18-20-33(44-31)32-19-17-30(43-32)23-11-14-28(15-12-23)40(26-7-3-1-4-8-26)27-9-5-2-6-10-27/h1-21H,(H,41,42)/b25-21+. The fourth-order valence-corrected chi connectivity index (χ4v) is 7.83. The summed E-state index contributed by atoms with van der Waals surface area (Å²) in [5.41, 5.74) is 6.87. The third-order valence-electron chi connectivity index (χ3n) is 7.26. The van der Waals surface area contributed by atoms with E-state index >= 15 is 0 Å². The van der Waals surface area contributed by atoms with Crippen LogP contribution in [0.4, 0.5) is 17.1 Å². The quantitative estimate of drug-likeness (QED) is 0.132. The number of carboxylic acid groups (broad SMARTS) is 1. The van der Waals surface area contributed by atoms with Gasteiger partial charge in [-0.25, -0.2) is 4.79 Å². The molecule has 3 heterocycles. The van der Waals surface area contributed by atoms with Gasteiger partial charge in [0, 0.05) is 47.7 Å². The summed E-state index contributed by atoms with van der Waals surface area (Å²) in [5, 5.41) is 18.5. The zero-order chi connectivity index (χ0) is 30.8. The monoisotopic (exact) mass is 638 g/mol. The molecule has 0 spiro atoms. The van der Waals surface area contributed by atoms with Gasteiger partial charge in [0.2, 0.25) is 0 Å². The van der Waals surface area contributed by atoms with Crippen LogP contribution in [-0.4, -0.2) is 19.8 Å². The number of para-hydroxylation sites is 2. The van der Waals surface area contributed by atoms with Gasteiger partial charge in [-0.2, -0.15) is 14.0 Å². The molecule has 45 heavy (non-hydrogen) atoms. The van der Waals surface area contributed by atoms with Gasteiger partial charge in [0.15, 0.2) is 0 Å². The maximum absolute atomic E-state index is 11.4. The molecule has 7 rings (SSSR count). The number of aliphatic carboxylic acids is 1. The number of hydrogen-bond donors (Lipinski definition) is 1. The summed E-state index contributed by atoms with van der Waals surface area (Å²) < 4.78 is 8.89. The van der Waals surface area contributed by atoms with Gasteiger partial charge in [0.05, 0.1) is 11.7 Å². The molecule has 0 aliphatic heterocycles. The first kappa shape index (κ1) is 28.4. The van der Waals surface area contributed by atoms with Gasteiger partial charge >= 0.3 is 5.97 Å². The largest absolute Gasteiger partial charge is 0.477 e. The highest BCUT2D eigenvalue weighted by Crippen LogP contribution is 2.43. The molecule has 0 unspecified atom stereocenters. The van der Waals surface area contributed by atoms with Gasteiger partial charge in [-0.3, -0.25) is 0 Å². The number of nitriles is 1. The minimum Gasteiger partial charge on any atom is -0.477 e. The van der Waals surface area contributed by atoms with E-state index in [9.17, 15) is 15.2 Å². The minimum atomic E-state index is -1.27. The topological polar surface area (TPSA) is 90.1 Å². The fraction of sp³-hybridized carbons (Fsp3) is 0. The molecule has 0 fully saturated rings. The molecule has 0 aliphatic rings. The van der Waals surface area contributed by atoms with E-state index in [1.54, 1.807) is 34.8 Å². The Morgan fingerprint density at radius 2 is 1.22 bits per heavy atom. The Morgan fingerprint density at radius 3 is 1.84 bits per heavy atom. The Kier molecular flexibility index (Phi) is 7.76. The van der Waals surface area contributed by atoms with Crippen molar-refractivity contribution < 1.29 is 9.90 Å². The Morgan fingerprint density at radius 1 is 0.667 bits per heavy atom. The molecule has 6 nitrogen and oxygen atoms in total. The summed E-state index contributed by atoms with van der Waals surface area (Å²) in [5.74, 6) is -1.27. The predicted octanol–water partition coefficient (Wildman–Crippen LogP) is 10.3. The zero-order valence-corrected chi connectivity index (χ0v) is 25.9. The van der Waals surface area contributed by atoms with E-state index < -0.39 is 5.97 Å². The number of benzene rings is 4. The van der Waals surface area contributed by atoms with Crippen molar-refractivity contribution in [3.8, 4) is 36.7 Å². The van der Waals surface area contributed by atoms with E-state index in [4.69, 9.17) is 0 Å². The summed E-state index contributed by atoms with van der Waals surface area (Å²) >= 11 is 4.49. The van der Waals surface area contributed by atoms with Gasteiger partial charge in [-0.15, -0.1) is 22.7 Å². The maximum Gasteiger partial charge on any atom is 0.346 e. The third-order valence-corrected chi connectivity index (χ3v) is 10.2. The number of hydrogen-bond acceptors (Lipinski definition) is 8. The van der Waals surface area contributed by atoms with Crippen LogP contribution < -0.4 is 4.90 Å². The highest BCUT2D eigenvalue weighted by Gasteiger charge is 2.17. The van der Waals surface area contributed by atoms with Crippen molar-refractivity contribution in [3.05, 3.63) is 132 Å². The third kappa shape index (κ3) is 5.66. The van der Waals surface area contributed by atoms with E-state index in [0.717, 1.165) is 49.7 Å². The van der Waals surface area contributed by atoms with Gasteiger partial charge < -0.3 is 10.0 Å². The number of fused-ring (bicyclic) bond motifs is 1. The molecular formula is C36H22N4O2S3. The lowest BCUT2D eigenvalue weighted by Gasteiger charge is -2.25. The Balaban J connectivity index is 1.16. The predicted molar refractivity (Wildman–Crippen MR) is 185 cm³/mol. The Hall–Kier alpha value is -5.40. The number of rotatable bonds is 8. The second kappa shape index (κ2) is 12.3. The summed E-state index contributed by atoms with van der Waals surface area (Å²) in [6.45, 7) is 0. The highest BCUT2D eigenvalue weighted by atomic mass is 32.1. The normalized spacial score (nSPS) is 11.4. The number of nitrogens with zero attached hydrogens (tertiary/aromatic N) is 4. The molecule has 216 valence electrons. The average Bonchev–Trinajstić information content (AvgIpc) is 3.87. The molecule has 0 amide bonds. The van der Waals surface area contributed by atoms with Crippen LogP contribution >= 0.6 is 34.4 Å². The number of carbonyl (C=O) groups is 1. The van der Waals surface area contributed by atoms with Gasteiger partial charge in [0.1, 0.15) is 22.7 Å². The number of thiophene rings is 2. The molecule has 7 aromatic rings. The molecule has 0 atom stereocenters. The van der Waals surface area contributed by atoms with E-state index in [2.05, 4.69) is 111 Å². The van der Waals surface area contributed by atoms with Crippen molar-refractivity contribution in [2.24, 2.45) is 0 Å². The van der Waals surface area contributed by atoms with Crippen molar-refractivity contribution in [1.29, 1.82) is 5.26 Å². The van der Waals surface area contributed by atoms with Crippen molar-refractivity contribution in [3.63, 3.8) is 0 Å². The average molecular weight is 639 g/mol. The summed E-state index contributed by atoms with van der Waals surface area (Å²) in [6, 6.07) is 43.4. The zero-order valence-electron chi connectivity index (χ0n) is 23.5. The smallest absolute Gasteiger partial charge is 0.346 e. The van der Waals surface area contributed by atoms with Gasteiger partial charge in [-0.05, 0) is 72.3 Å². The van der Waals surface area contributed by atoms with Crippen LogP contribution in [0.25, 0.3) is 47.7 Å². The van der Waals surface area contributed by atoms with Crippen LogP contribution in [0.2, 0.25) is 0 Å². The highest BCUT2D eigenvalue weighted by molar-refractivity contribution is 7.25. The van der Waals surface area contributed by atoms with Crippen molar-refractivity contribution in [2.45, 2.75) is 0 Å². The lowest BCUT2D eigenvalue weighted by Crippen LogP contribution is -2.09. The number of aromatic nitrogens is 2. The molecule has 0 saturated heterocycles. The van der Waals surface area contributed by atoms with Crippen molar-refractivity contribution >= 4 is 74.5 Å². The second-order valence-corrected chi connectivity index (χ2v) is 12.7. The second-order valence-electron chi connectivity index (χ2n) is 10.0. The maximum atomic E-state index is 11.4. The molecule has 0 aliphatic carbocycles. The SMILES string of the molecule is N#C/C(=C\c1ccc(-c2ccc(-c3ccc(-c4ccc(N(c5ccccc5)c5ccccc5)cc4)s3)s2)c2nsnc12)C(=O)O. The van der Waals surface area contributed by atoms with E-state index in [1.165, 1.54) is 15.8 Å². The van der Waals surface area contributed by atoms with Gasteiger partial charge in [-0.1, -0.05) is 60.7 Å². The van der Waals surface area contributed by atoms with Crippen LogP contribution in [0.1, 0.15) is 5.56 Å². The fourth-order valence-electron chi connectivity index (χ4n) is 5.11. The summed E-state index contributed by atoms with van der Waals surface area (Å²) in [4.78, 5) is 18.2. The van der Waals surface area contributed by atoms with Crippen LogP contribution in [0.3, 0.4) is 0 Å². The lowest BCUT2D eigenvalue weighted by atomic mass is 10.0. The first-order chi connectivity index (χ1) is 22.1. The van der Waals surface area contributed by atoms with Crippen LogP contribution in [0, 0.1) is 11.3 Å². The van der Waals surface area contributed by atoms with Gasteiger partial charge in [0.25, 0.3) is 0 Å². The van der Waals surface area contributed by atoms with Crippen molar-refractivity contribution in [2.75, 3.05) is 4.90 Å². The summed E-state index contributed by atoms with van der Waals surface area (Å²) in [6.07, 6.45) is 1.34. The first-order valence-electron chi connectivity index (χ1n) is 13.9. The van der Waals surface area contributed by atoms with Crippen LogP contribution in [0.15, 0.2) is 127 Å². The minimum absolute atomic E-state index is 0.344. The molecule has 3 aromatic heterocycles. The molecule has 0 saturated carbocycles. The van der Waals surface area contributed by atoms with E-state index in [-0.39, 0.29) is 5.57 Å². The summed E-state index contributed by atoms with van der Waals surface area (Å²) in [7, 11) is 0. The Labute approximate surface area is 271 Å². The van der Waals surface area contributed by atoms with Crippen molar-refractivity contribution in [1.82, 2.24) is 8.75 Å². The lowest BCUT2D eigenvalue weighted by molar-refractivity contribution is -0.132. The molecule has 1 N–H and O–H groups in total. The molecule has 9 heteroatoms. The first-order valence-corrected chi connectivity index (χ1v) is 16.3. The van der Waals surface area contributed by atoms with Crippen LogP contribution in [-0.2, 0) is 4.79 Å². The van der Waals surface area contributed by atoms with E-state index in [1.807, 2.05) is 18.2 Å². The molecule has 0 bridgehead atoms. The molecule has 0 radical (unpaired) electrons. The number of carboxylic acids is 1. The van der Waals surface area contributed by atoms with Crippen LogP contribution in [0.5, 0.6) is 0 Å². The van der Waals surface area contributed by atoms with E-state index in [0.29, 0.717) is 16.6 Å². The molecule has 4 aromatic carbocycles. The molecular weight excluding hydrogens is 617 g/mol. The number of anilines is 3.